The third-order valence-electron chi connectivity index (χ3n) is 7.89. The number of nitrogens with two attached hydrogens (primary N) is 1. The number of urea groups is 1. The van der Waals surface area contributed by atoms with Gasteiger partial charge in [-0.2, -0.15) is 0 Å². The molecule has 3 aliphatic heterocycles. The summed E-state index contributed by atoms with van der Waals surface area (Å²) in [5.74, 6) is 0. The number of carbonyl (C=O) groups excluding carboxylic acids is 2. The van der Waals surface area contributed by atoms with E-state index in [9.17, 15) is 28.2 Å². The molecule has 4 rings (SSSR count). The zero-order valence-corrected chi connectivity index (χ0v) is 25.2. The number of rotatable bonds is 13. The van der Waals surface area contributed by atoms with Gasteiger partial charge in [-0.25, -0.2) is 23.0 Å². The molecular formula is C27H44N6O9S. The predicted octanol–water partition coefficient (Wildman–Crippen LogP) is -0.0798. The zero-order valence-electron chi connectivity index (χ0n) is 24.4. The molecule has 1 aromatic carbocycles. The Labute approximate surface area is 251 Å². The number of nitrogens with one attached hydrogen (secondary N) is 4. The lowest BCUT2D eigenvalue weighted by atomic mass is 10.00. The van der Waals surface area contributed by atoms with Crippen LogP contribution in [-0.2, 0) is 30.8 Å². The van der Waals surface area contributed by atoms with Crippen molar-refractivity contribution in [2.45, 2.75) is 93.5 Å². The number of hydrazine groups is 1. The van der Waals surface area contributed by atoms with Crippen LogP contribution in [0.2, 0.25) is 0 Å². The molecule has 6 atom stereocenters. The van der Waals surface area contributed by atoms with Gasteiger partial charge in [0.1, 0.15) is 11.0 Å². The van der Waals surface area contributed by atoms with Crippen LogP contribution in [-0.4, -0.2) is 105 Å². The first-order valence-electron chi connectivity index (χ1n) is 14.8. The quantitative estimate of drug-likeness (QED) is 0.113. The number of amides is 3. The molecule has 0 spiro atoms. The van der Waals surface area contributed by atoms with Crippen molar-refractivity contribution >= 4 is 27.8 Å². The van der Waals surface area contributed by atoms with Crippen LogP contribution in [0.1, 0.15) is 51.0 Å². The molecule has 1 aromatic rings. The lowest BCUT2D eigenvalue weighted by Gasteiger charge is -2.34. The van der Waals surface area contributed by atoms with Gasteiger partial charge in [-0.3, -0.25) is 0 Å². The Morgan fingerprint density at radius 1 is 1.23 bits per heavy atom. The van der Waals surface area contributed by atoms with Crippen LogP contribution in [0.5, 0.6) is 0 Å². The van der Waals surface area contributed by atoms with Crippen LogP contribution in [0.4, 0.5) is 15.3 Å². The topological polar surface area (TPSA) is 214 Å². The summed E-state index contributed by atoms with van der Waals surface area (Å²) in [7, 11) is -4.22. The van der Waals surface area contributed by atoms with E-state index in [2.05, 4.69) is 20.8 Å². The third-order valence-corrected chi connectivity index (χ3v) is 9.33. The summed E-state index contributed by atoms with van der Waals surface area (Å²) in [5.41, 5.74) is 6.36. The highest BCUT2D eigenvalue weighted by Crippen LogP contribution is 2.26. The van der Waals surface area contributed by atoms with Gasteiger partial charge in [-0.05, 0) is 43.4 Å². The Balaban J connectivity index is 1.39. The average molecular weight is 629 g/mol. The Kier molecular flexibility index (Phi) is 11.8. The molecule has 0 radical (unpaired) electrons. The zero-order chi connectivity index (χ0) is 31.0. The van der Waals surface area contributed by atoms with Gasteiger partial charge in [0.05, 0.1) is 43.3 Å². The highest BCUT2D eigenvalue weighted by atomic mass is 32.2. The molecule has 16 heteroatoms. The van der Waals surface area contributed by atoms with Gasteiger partial charge in [0.2, 0.25) is 0 Å². The predicted molar refractivity (Wildman–Crippen MR) is 155 cm³/mol. The molecule has 15 nitrogen and oxygen atoms in total. The van der Waals surface area contributed by atoms with Gasteiger partial charge in [0.15, 0.2) is 0 Å². The number of nitrogen functional groups attached to an aromatic ring is 1. The van der Waals surface area contributed by atoms with E-state index < -0.39 is 34.3 Å². The maximum atomic E-state index is 13.3. The minimum Gasteiger partial charge on any atom is -0.446 e. The Morgan fingerprint density at radius 3 is 2.70 bits per heavy atom. The van der Waals surface area contributed by atoms with Crippen molar-refractivity contribution in [3.05, 3.63) is 23.8 Å². The number of alkyl carbamates (subject to hydrolysis) is 1. The highest BCUT2D eigenvalue weighted by molar-refractivity contribution is 7.89. The van der Waals surface area contributed by atoms with E-state index in [-0.39, 0.29) is 54.6 Å². The van der Waals surface area contributed by atoms with E-state index in [1.54, 1.807) is 6.92 Å². The number of benzene rings is 1. The van der Waals surface area contributed by atoms with Gasteiger partial charge in [-0.1, -0.05) is 13.0 Å². The molecular weight excluding hydrogens is 584 g/mol. The number of sulfonamides is 1. The van der Waals surface area contributed by atoms with Crippen LogP contribution in [0, 0.1) is 0 Å². The molecule has 3 amide bonds. The largest absolute Gasteiger partial charge is 0.446 e. The molecule has 3 saturated heterocycles. The molecule has 0 aromatic heterocycles. The van der Waals surface area contributed by atoms with E-state index in [1.165, 1.54) is 23.2 Å². The summed E-state index contributed by atoms with van der Waals surface area (Å²) in [6.45, 7) is 2.85. The molecule has 8 N–H and O–H groups in total. The monoisotopic (exact) mass is 628 g/mol. The van der Waals surface area contributed by atoms with Gasteiger partial charge < -0.3 is 46.1 Å². The number of hydrogen-bond donors (Lipinski definition) is 7. The van der Waals surface area contributed by atoms with Crippen molar-refractivity contribution in [3.8, 4) is 0 Å². The van der Waals surface area contributed by atoms with Gasteiger partial charge in [0, 0.05) is 45.1 Å². The number of ether oxygens (including phenoxy) is 3. The number of carbonyl (C=O) groups is 2. The van der Waals surface area contributed by atoms with Gasteiger partial charge >= 0.3 is 12.1 Å². The summed E-state index contributed by atoms with van der Waals surface area (Å²) in [6, 6.07) is 2.54. The van der Waals surface area contributed by atoms with Crippen molar-refractivity contribution in [1.82, 2.24) is 25.8 Å². The summed E-state index contributed by atoms with van der Waals surface area (Å²) in [4.78, 5) is 27.0. The molecule has 3 aliphatic rings. The van der Waals surface area contributed by atoms with Crippen molar-refractivity contribution in [1.29, 1.82) is 0 Å². The Hall–Kier alpha value is -2.73. The second-order valence-electron chi connectivity index (χ2n) is 11.2. The first-order chi connectivity index (χ1) is 20.6. The SMILES string of the molecule is CC[C@H](NC(=O)O[C@H]1CCO[C@@H](C2CCCO2)C1)[C@H](O)CN(CC1CCNC(=O)N1)NS(=O)(=O)c1ccc(CO)cc1N. The number of aliphatic hydroxyl groups excluding tert-OH is 2. The second-order valence-corrected chi connectivity index (χ2v) is 12.8. The van der Waals surface area contributed by atoms with E-state index in [4.69, 9.17) is 19.9 Å². The molecule has 43 heavy (non-hydrogen) atoms. The average Bonchev–Trinajstić information content (AvgIpc) is 3.51. The molecule has 0 bridgehead atoms. The molecule has 242 valence electrons. The number of anilines is 1. The normalized spacial score (nSPS) is 25.9. The number of hydrogen-bond acceptors (Lipinski definition) is 11. The fraction of sp³-hybridized carbons (Fsp3) is 0.704. The number of nitrogens with zero attached hydrogens (tertiary/aromatic N) is 1. The van der Waals surface area contributed by atoms with Crippen LogP contribution in [0.15, 0.2) is 23.1 Å². The van der Waals surface area contributed by atoms with Crippen LogP contribution >= 0.6 is 0 Å². The number of aliphatic hydroxyl groups is 2. The van der Waals surface area contributed by atoms with Crippen LogP contribution < -0.4 is 26.5 Å². The summed E-state index contributed by atoms with van der Waals surface area (Å²) >= 11 is 0. The highest BCUT2D eigenvalue weighted by Gasteiger charge is 2.35. The maximum absolute atomic E-state index is 13.3. The minimum absolute atomic E-state index is 0.00197. The minimum atomic E-state index is -4.22. The Bertz CT molecular complexity index is 1200. The smallest absolute Gasteiger partial charge is 0.407 e. The summed E-state index contributed by atoms with van der Waals surface area (Å²) in [5, 5.41) is 29.9. The lowest BCUT2D eigenvalue weighted by Crippen LogP contribution is -2.58. The first kappa shape index (κ1) is 33.2. The fourth-order valence-corrected chi connectivity index (χ4v) is 6.80. The van der Waals surface area contributed by atoms with Gasteiger partial charge in [-0.15, -0.1) is 4.83 Å². The third kappa shape index (κ3) is 9.38. The van der Waals surface area contributed by atoms with Crippen molar-refractivity contribution in [2.75, 3.05) is 38.6 Å². The molecule has 0 saturated carbocycles. The van der Waals surface area contributed by atoms with Crippen LogP contribution in [0.3, 0.4) is 0 Å². The van der Waals surface area contributed by atoms with E-state index in [1.807, 2.05) is 0 Å². The summed E-state index contributed by atoms with van der Waals surface area (Å²) < 4.78 is 43.9. The van der Waals surface area contributed by atoms with Crippen molar-refractivity contribution in [3.63, 3.8) is 0 Å². The second kappa shape index (κ2) is 15.3. The fourth-order valence-electron chi connectivity index (χ4n) is 5.60. The molecule has 0 aliphatic carbocycles. The maximum Gasteiger partial charge on any atom is 0.407 e. The molecule has 3 heterocycles. The van der Waals surface area contributed by atoms with Crippen LogP contribution in [0.25, 0.3) is 0 Å². The van der Waals surface area contributed by atoms with Crippen molar-refractivity contribution < 1.29 is 42.4 Å². The standard InChI is InChI=1S/C27H44N6O9S/c1-2-21(31-27(37)42-19-8-11-41-24(13-19)23-4-3-10-40-23)22(35)15-33(14-18-7-9-29-26(36)30-18)32-43(38,39)25-6-5-17(16-34)12-20(25)28/h5-6,12,18-19,21-24,32,34-35H,2-4,7-11,13-16,28H2,1H3,(H,31,37)(H2,29,30,36)/t18?,19-,21-,22+,23?,24+/m0/s1. The first-order valence-corrected chi connectivity index (χ1v) is 16.3. The van der Waals surface area contributed by atoms with E-state index in [0.717, 1.165) is 12.8 Å². The molecule has 2 unspecified atom stereocenters. The lowest BCUT2D eigenvalue weighted by molar-refractivity contribution is -0.104. The molecule has 3 fully saturated rings. The van der Waals surface area contributed by atoms with Gasteiger partial charge in [0.25, 0.3) is 10.0 Å². The van der Waals surface area contributed by atoms with E-state index >= 15 is 0 Å². The summed E-state index contributed by atoms with van der Waals surface area (Å²) in [6.07, 6.45) is 1.45. The van der Waals surface area contributed by atoms with E-state index in [0.29, 0.717) is 51.0 Å². The van der Waals surface area contributed by atoms with Crippen molar-refractivity contribution in [2.24, 2.45) is 0 Å². The Morgan fingerprint density at radius 2 is 2.02 bits per heavy atom.